The zero-order valence-corrected chi connectivity index (χ0v) is 21.6. The fourth-order valence-corrected chi connectivity index (χ4v) is 4.15. The van der Waals surface area contributed by atoms with Gasteiger partial charge in [-0.15, -0.1) is 5.10 Å². The maximum Gasteiger partial charge on any atom is 0.249 e. The average molecular weight is 502 g/mol. The Bertz CT molecular complexity index is 1390. The number of carbonyl (C=O) groups is 2. The van der Waals surface area contributed by atoms with Crippen LogP contribution in [0.2, 0.25) is 0 Å². The highest BCUT2D eigenvalue weighted by Crippen LogP contribution is 2.36. The number of fused-ring (bicyclic) bond motifs is 1. The lowest BCUT2D eigenvalue weighted by Crippen LogP contribution is -2.50. The highest BCUT2D eigenvalue weighted by atomic mass is 16.5. The lowest BCUT2D eigenvalue weighted by Gasteiger charge is -2.34. The maximum absolute atomic E-state index is 14.1. The van der Waals surface area contributed by atoms with Gasteiger partial charge in [-0.1, -0.05) is 35.5 Å². The zero-order chi connectivity index (χ0) is 26.6. The number of anilines is 1. The molecular formula is C28H31N5O4. The molecule has 9 heteroatoms. The lowest BCUT2D eigenvalue weighted by atomic mass is 9.99. The number of nitrogens with one attached hydrogen (secondary N) is 1. The maximum atomic E-state index is 14.1. The summed E-state index contributed by atoms with van der Waals surface area (Å²) in [4.78, 5) is 29.5. The van der Waals surface area contributed by atoms with E-state index >= 15 is 0 Å². The Morgan fingerprint density at radius 2 is 1.68 bits per heavy atom. The molecule has 0 fully saturated rings. The van der Waals surface area contributed by atoms with Crippen LogP contribution in [0.4, 0.5) is 5.69 Å². The minimum Gasteiger partial charge on any atom is -0.497 e. The second-order valence-electron chi connectivity index (χ2n) is 9.58. The smallest absolute Gasteiger partial charge is 0.249 e. The predicted octanol–water partition coefficient (Wildman–Crippen LogP) is 4.14. The number of hydrogen-bond donors (Lipinski definition) is 1. The third-order valence-electron chi connectivity index (χ3n) is 5.74. The number of aromatic nitrogens is 3. The van der Waals surface area contributed by atoms with Crippen molar-refractivity contribution >= 4 is 28.5 Å². The molecule has 1 aromatic heterocycles. The molecule has 37 heavy (non-hydrogen) atoms. The molecule has 0 saturated carbocycles. The molecule has 0 saturated heterocycles. The lowest BCUT2D eigenvalue weighted by molar-refractivity contribution is -0.128. The molecule has 9 nitrogen and oxygen atoms in total. The number of methoxy groups -OCH3 is 2. The van der Waals surface area contributed by atoms with Crippen molar-refractivity contribution in [3.63, 3.8) is 0 Å². The monoisotopic (exact) mass is 501 g/mol. The van der Waals surface area contributed by atoms with Crippen molar-refractivity contribution in [2.24, 2.45) is 0 Å². The van der Waals surface area contributed by atoms with Crippen LogP contribution >= 0.6 is 0 Å². The first-order valence-electron chi connectivity index (χ1n) is 11.9. The Hall–Kier alpha value is -4.40. The number of nitrogens with zero attached hydrogens (tertiary/aromatic N) is 4. The second kappa shape index (κ2) is 10.7. The predicted molar refractivity (Wildman–Crippen MR) is 142 cm³/mol. The van der Waals surface area contributed by atoms with Crippen LogP contribution in [0.25, 0.3) is 11.0 Å². The average Bonchev–Trinajstić information content (AvgIpc) is 3.28. The molecule has 4 aromatic rings. The van der Waals surface area contributed by atoms with Gasteiger partial charge < -0.3 is 14.8 Å². The van der Waals surface area contributed by atoms with E-state index in [1.54, 1.807) is 37.4 Å². The van der Waals surface area contributed by atoms with Gasteiger partial charge in [0.25, 0.3) is 0 Å². The van der Waals surface area contributed by atoms with Crippen molar-refractivity contribution in [1.29, 1.82) is 0 Å². The van der Waals surface area contributed by atoms with E-state index in [0.29, 0.717) is 28.3 Å². The first kappa shape index (κ1) is 25.7. The quantitative estimate of drug-likeness (QED) is 0.390. The normalized spacial score (nSPS) is 12.1. The number of hydrogen-bond acceptors (Lipinski definition) is 6. The van der Waals surface area contributed by atoms with E-state index in [9.17, 15) is 9.59 Å². The molecule has 0 aliphatic rings. The second-order valence-corrected chi connectivity index (χ2v) is 9.58. The van der Waals surface area contributed by atoms with E-state index in [1.165, 1.54) is 16.7 Å². The Kier molecular flexibility index (Phi) is 7.42. The number of para-hydroxylation sites is 2. The Morgan fingerprint density at radius 1 is 0.973 bits per heavy atom. The highest BCUT2D eigenvalue weighted by Gasteiger charge is 2.36. The number of ether oxygens (including phenoxy) is 2. The van der Waals surface area contributed by atoms with Gasteiger partial charge >= 0.3 is 0 Å². The molecule has 1 heterocycles. The van der Waals surface area contributed by atoms with Gasteiger partial charge in [0.15, 0.2) is 0 Å². The number of carbonyl (C=O) groups excluding carboxylic acids is 2. The van der Waals surface area contributed by atoms with Crippen LogP contribution in [0.15, 0.2) is 72.8 Å². The van der Waals surface area contributed by atoms with Crippen LogP contribution in [-0.4, -0.2) is 46.6 Å². The summed E-state index contributed by atoms with van der Waals surface area (Å²) in [5.41, 5.74) is 1.89. The summed E-state index contributed by atoms with van der Waals surface area (Å²) in [6.07, 6.45) is 0. The minimum absolute atomic E-state index is 0.124. The summed E-state index contributed by atoms with van der Waals surface area (Å²) in [5.74, 6) is 0.280. The van der Waals surface area contributed by atoms with Gasteiger partial charge in [-0.3, -0.25) is 14.5 Å². The summed E-state index contributed by atoms with van der Waals surface area (Å²) in [7, 11) is 3.08. The molecule has 1 N–H and O–H groups in total. The van der Waals surface area contributed by atoms with Crippen molar-refractivity contribution in [3.8, 4) is 11.5 Å². The van der Waals surface area contributed by atoms with Crippen LogP contribution in [0.1, 0.15) is 32.4 Å². The summed E-state index contributed by atoms with van der Waals surface area (Å²) in [5, 5.41) is 11.4. The molecule has 4 rings (SSSR count). The van der Waals surface area contributed by atoms with Crippen LogP contribution in [-0.2, 0) is 16.1 Å². The molecule has 0 aliphatic carbocycles. The van der Waals surface area contributed by atoms with Crippen molar-refractivity contribution in [2.75, 3.05) is 19.1 Å². The van der Waals surface area contributed by atoms with Gasteiger partial charge in [-0.2, -0.15) is 0 Å². The molecule has 0 radical (unpaired) electrons. The number of amides is 2. The first-order valence-corrected chi connectivity index (χ1v) is 11.9. The number of rotatable bonds is 8. The van der Waals surface area contributed by atoms with Crippen molar-refractivity contribution in [2.45, 2.75) is 38.9 Å². The molecule has 1 unspecified atom stereocenters. The van der Waals surface area contributed by atoms with Crippen LogP contribution in [0.3, 0.4) is 0 Å². The van der Waals surface area contributed by atoms with Gasteiger partial charge in [0.05, 0.1) is 19.7 Å². The third-order valence-corrected chi connectivity index (χ3v) is 5.74. The standard InChI is InChI=1S/C28H31N5O4/c1-28(2,3)29-27(35)26(21-17-20(36-4)15-16-24(21)37-5)33(19-11-7-6-8-12-19)25(34)18-32-23-14-10-9-13-22(23)30-31-32/h6-17,26H,18H2,1-5H3,(H,29,35). The minimum atomic E-state index is -1.06. The van der Waals surface area contributed by atoms with E-state index in [0.717, 1.165) is 5.52 Å². The Balaban J connectivity index is 1.87. The van der Waals surface area contributed by atoms with Gasteiger partial charge in [-0.25, -0.2) is 4.68 Å². The van der Waals surface area contributed by atoms with Crippen LogP contribution < -0.4 is 19.7 Å². The van der Waals surface area contributed by atoms with Crippen molar-refractivity contribution < 1.29 is 19.1 Å². The van der Waals surface area contributed by atoms with Crippen molar-refractivity contribution in [1.82, 2.24) is 20.3 Å². The van der Waals surface area contributed by atoms with E-state index < -0.39 is 11.6 Å². The summed E-state index contributed by atoms with van der Waals surface area (Å²) in [6.45, 7) is 5.55. The third kappa shape index (κ3) is 5.72. The molecule has 1 atom stereocenters. The van der Waals surface area contributed by atoms with Crippen molar-refractivity contribution in [3.05, 3.63) is 78.4 Å². The fraction of sp³-hybridized carbons (Fsp3) is 0.286. The molecule has 3 aromatic carbocycles. The van der Waals surface area contributed by atoms with E-state index in [1.807, 2.05) is 63.2 Å². The molecule has 2 amide bonds. The van der Waals surface area contributed by atoms with Gasteiger partial charge in [0.1, 0.15) is 29.6 Å². The molecule has 0 aliphatic heterocycles. The molecular weight excluding hydrogens is 470 g/mol. The van der Waals surface area contributed by atoms with Gasteiger partial charge in [-0.05, 0) is 63.2 Å². The van der Waals surface area contributed by atoms with Crippen LogP contribution in [0, 0.1) is 0 Å². The SMILES string of the molecule is COc1ccc(OC)c(C(C(=O)NC(C)(C)C)N(C(=O)Cn2nnc3ccccc32)c2ccccc2)c1. The highest BCUT2D eigenvalue weighted by molar-refractivity contribution is 6.02. The van der Waals surface area contributed by atoms with E-state index in [4.69, 9.17) is 9.47 Å². The largest absolute Gasteiger partial charge is 0.497 e. The Morgan fingerprint density at radius 3 is 2.35 bits per heavy atom. The first-order chi connectivity index (χ1) is 17.7. The number of benzene rings is 3. The molecule has 0 bridgehead atoms. The van der Waals surface area contributed by atoms with Gasteiger partial charge in [0, 0.05) is 16.8 Å². The van der Waals surface area contributed by atoms with Crippen LogP contribution in [0.5, 0.6) is 11.5 Å². The molecule has 0 spiro atoms. The topological polar surface area (TPSA) is 98.6 Å². The van der Waals surface area contributed by atoms with E-state index in [2.05, 4.69) is 15.6 Å². The van der Waals surface area contributed by atoms with E-state index in [-0.39, 0.29) is 18.4 Å². The Labute approximate surface area is 216 Å². The summed E-state index contributed by atoms with van der Waals surface area (Å²) in [6, 6.07) is 20.6. The summed E-state index contributed by atoms with van der Waals surface area (Å²) < 4.78 is 12.6. The van der Waals surface area contributed by atoms with Gasteiger partial charge in [0.2, 0.25) is 11.8 Å². The zero-order valence-electron chi connectivity index (χ0n) is 21.6. The fourth-order valence-electron chi connectivity index (χ4n) is 4.15. The molecule has 192 valence electrons. The summed E-state index contributed by atoms with van der Waals surface area (Å²) >= 11 is 0.